The molecule has 0 aliphatic heterocycles. The zero-order valence-electron chi connectivity index (χ0n) is 15.3. The molecule has 0 spiro atoms. The van der Waals surface area contributed by atoms with Crippen molar-refractivity contribution >= 4 is 16.9 Å². The van der Waals surface area contributed by atoms with Crippen molar-refractivity contribution in [2.75, 3.05) is 0 Å². The highest BCUT2D eigenvalue weighted by Gasteiger charge is 2.12. The summed E-state index contributed by atoms with van der Waals surface area (Å²) in [5, 5.41) is 0.454. The Kier molecular flexibility index (Phi) is 4.72. The normalized spacial score (nSPS) is 11.7. The van der Waals surface area contributed by atoms with Crippen LogP contribution in [0.2, 0.25) is 0 Å². The van der Waals surface area contributed by atoms with Gasteiger partial charge in [0, 0.05) is 18.8 Å². The fraction of sp³-hybridized carbons (Fsp3) is 0.0870. The van der Waals surface area contributed by atoms with Gasteiger partial charge in [-0.05, 0) is 36.8 Å². The van der Waals surface area contributed by atoms with Gasteiger partial charge in [0.15, 0.2) is 11.2 Å². The number of carbonyl (C=O) groups is 1. The second-order valence-corrected chi connectivity index (χ2v) is 6.56. The number of pyridine rings is 1. The second kappa shape index (κ2) is 7.48. The van der Waals surface area contributed by atoms with Gasteiger partial charge in [-0.2, -0.15) is 4.99 Å². The highest BCUT2D eigenvalue weighted by Crippen LogP contribution is 2.14. The molecule has 0 aliphatic rings. The van der Waals surface area contributed by atoms with E-state index in [0.29, 0.717) is 23.0 Å². The molecule has 5 heteroatoms. The number of nitrogens with zero attached hydrogens (tertiary/aromatic N) is 2. The third-order valence-electron chi connectivity index (χ3n) is 4.42. The lowest BCUT2D eigenvalue weighted by atomic mass is 10.1. The third-order valence-corrected chi connectivity index (χ3v) is 4.42. The molecule has 0 N–H and O–H groups in total. The van der Waals surface area contributed by atoms with E-state index < -0.39 is 5.91 Å². The smallest absolute Gasteiger partial charge is 0.314 e. The average Bonchev–Trinajstić information content (AvgIpc) is 2.70. The van der Waals surface area contributed by atoms with Crippen molar-refractivity contribution in [3.05, 3.63) is 112 Å². The summed E-state index contributed by atoms with van der Waals surface area (Å²) in [6, 6.07) is 21.8. The number of aromatic nitrogens is 1. The molecule has 0 bridgehead atoms. The molecule has 4 aromatic rings. The van der Waals surface area contributed by atoms with Gasteiger partial charge in [0.1, 0.15) is 11.1 Å². The molecule has 0 unspecified atom stereocenters. The molecule has 0 aliphatic carbocycles. The van der Waals surface area contributed by atoms with Crippen LogP contribution in [0.4, 0.5) is 0 Å². The molecule has 0 atom stereocenters. The summed E-state index contributed by atoms with van der Waals surface area (Å²) in [6.45, 7) is 2.48. The number of fused-ring (bicyclic) bond motifs is 1. The first-order valence-electron chi connectivity index (χ1n) is 8.93. The second-order valence-electron chi connectivity index (χ2n) is 6.56. The van der Waals surface area contributed by atoms with Crippen molar-refractivity contribution in [3.8, 4) is 0 Å². The Balaban J connectivity index is 1.74. The van der Waals surface area contributed by atoms with E-state index in [1.54, 1.807) is 18.2 Å². The van der Waals surface area contributed by atoms with Crippen molar-refractivity contribution in [2.24, 2.45) is 4.99 Å². The van der Waals surface area contributed by atoms with Crippen LogP contribution in [0.5, 0.6) is 0 Å². The SMILES string of the molecule is Cc1ccc2oc(C(=O)N=c3ccccn3Cc3ccccc3)cc(=O)c2c1. The van der Waals surface area contributed by atoms with Gasteiger partial charge >= 0.3 is 5.91 Å². The lowest BCUT2D eigenvalue weighted by Crippen LogP contribution is -2.22. The van der Waals surface area contributed by atoms with Gasteiger partial charge in [-0.25, -0.2) is 0 Å². The third kappa shape index (κ3) is 3.69. The minimum atomic E-state index is -0.590. The van der Waals surface area contributed by atoms with E-state index in [9.17, 15) is 9.59 Å². The Labute approximate surface area is 161 Å². The lowest BCUT2D eigenvalue weighted by Gasteiger charge is -2.07. The van der Waals surface area contributed by atoms with E-state index in [2.05, 4.69) is 4.99 Å². The molecule has 1 amide bonds. The zero-order chi connectivity index (χ0) is 19.5. The summed E-state index contributed by atoms with van der Waals surface area (Å²) >= 11 is 0. The highest BCUT2D eigenvalue weighted by atomic mass is 16.3. The van der Waals surface area contributed by atoms with Crippen LogP contribution < -0.4 is 10.9 Å². The number of hydrogen-bond donors (Lipinski definition) is 0. The van der Waals surface area contributed by atoms with E-state index in [1.165, 1.54) is 6.07 Å². The van der Waals surface area contributed by atoms with Crippen LogP contribution >= 0.6 is 0 Å². The van der Waals surface area contributed by atoms with Gasteiger partial charge in [0.25, 0.3) is 0 Å². The van der Waals surface area contributed by atoms with E-state index >= 15 is 0 Å². The van der Waals surface area contributed by atoms with Gasteiger partial charge in [0.05, 0.1) is 5.39 Å². The van der Waals surface area contributed by atoms with Gasteiger partial charge in [-0.1, -0.05) is 48.0 Å². The molecule has 5 nitrogen and oxygen atoms in total. The molecular weight excluding hydrogens is 352 g/mol. The van der Waals surface area contributed by atoms with Crippen LogP contribution in [0.25, 0.3) is 11.0 Å². The number of hydrogen-bond acceptors (Lipinski definition) is 3. The Morgan fingerprint density at radius 1 is 1.00 bits per heavy atom. The largest absolute Gasteiger partial charge is 0.451 e. The van der Waals surface area contributed by atoms with Crippen molar-refractivity contribution in [3.63, 3.8) is 0 Å². The number of rotatable bonds is 3. The quantitative estimate of drug-likeness (QED) is 0.552. The van der Waals surface area contributed by atoms with Crippen molar-refractivity contribution in [1.82, 2.24) is 4.57 Å². The summed E-state index contributed by atoms with van der Waals surface area (Å²) < 4.78 is 7.51. The van der Waals surface area contributed by atoms with E-state index in [1.807, 2.05) is 66.2 Å². The maximum atomic E-state index is 12.7. The maximum absolute atomic E-state index is 12.7. The zero-order valence-corrected chi connectivity index (χ0v) is 15.3. The van der Waals surface area contributed by atoms with Crippen molar-refractivity contribution < 1.29 is 9.21 Å². The van der Waals surface area contributed by atoms with Crippen LogP contribution in [0.1, 0.15) is 21.7 Å². The van der Waals surface area contributed by atoms with E-state index in [4.69, 9.17) is 4.42 Å². The molecular formula is C23H18N2O3. The molecule has 28 heavy (non-hydrogen) atoms. The standard InChI is InChI=1S/C23H18N2O3/c1-16-10-11-20-18(13-16)19(26)14-21(28-20)23(27)24-22-9-5-6-12-25(22)15-17-7-3-2-4-8-17/h2-14H,15H2,1H3. The van der Waals surface area contributed by atoms with Gasteiger partial charge in [0.2, 0.25) is 0 Å². The Bertz CT molecular complexity index is 1280. The fourth-order valence-electron chi connectivity index (χ4n) is 3.02. The van der Waals surface area contributed by atoms with Crippen molar-refractivity contribution in [2.45, 2.75) is 13.5 Å². The molecule has 138 valence electrons. The first kappa shape index (κ1) is 17.7. The molecule has 4 rings (SSSR count). The molecule has 0 saturated carbocycles. The van der Waals surface area contributed by atoms with Crippen LogP contribution in [0.3, 0.4) is 0 Å². The summed E-state index contributed by atoms with van der Waals surface area (Å²) in [6.07, 6.45) is 1.86. The van der Waals surface area contributed by atoms with E-state index in [0.717, 1.165) is 11.1 Å². The first-order chi connectivity index (χ1) is 13.6. The van der Waals surface area contributed by atoms with Gasteiger partial charge in [-0.3, -0.25) is 9.59 Å². The number of aryl methyl sites for hydroxylation is 1. The number of carbonyl (C=O) groups excluding carboxylic acids is 1. The lowest BCUT2D eigenvalue weighted by molar-refractivity contribution is 0.0971. The predicted octanol–water partition coefficient (Wildman–Crippen LogP) is 3.69. The van der Waals surface area contributed by atoms with E-state index in [-0.39, 0.29) is 11.2 Å². The molecule has 2 aromatic heterocycles. The summed E-state index contributed by atoms with van der Waals surface area (Å²) in [5.74, 6) is -0.663. The predicted molar refractivity (Wildman–Crippen MR) is 107 cm³/mol. The maximum Gasteiger partial charge on any atom is 0.314 e. The average molecular weight is 370 g/mol. The van der Waals surface area contributed by atoms with Crippen LogP contribution in [-0.2, 0) is 6.54 Å². The molecule has 2 aromatic carbocycles. The van der Waals surface area contributed by atoms with Gasteiger partial charge < -0.3 is 8.98 Å². The monoisotopic (exact) mass is 370 g/mol. The van der Waals surface area contributed by atoms with Crippen LogP contribution in [0.15, 0.2) is 93.2 Å². The summed E-state index contributed by atoms with van der Waals surface area (Å²) in [7, 11) is 0. The Morgan fingerprint density at radius 2 is 1.79 bits per heavy atom. The summed E-state index contributed by atoms with van der Waals surface area (Å²) in [5.41, 5.74) is 2.66. The first-order valence-corrected chi connectivity index (χ1v) is 8.93. The molecule has 0 radical (unpaired) electrons. The van der Waals surface area contributed by atoms with Crippen LogP contribution in [0, 0.1) is 6.92 Å². The minimum absolute atomic E-state index is 0.0727. The topological polar surface area (TPSA) is 64.6 Å². The fourth-order valence-corrected chi connectivity index (χ4v) is 3.02. The highest BCUT2D eigenvalue weighted by molar-refractivity contribution is 5.93. The van der Waals surface area contributed by atoms with Crippen LogP contribution in [-0.4, -0.2) is 10.5 Å². The molecule has 2 heterocycles. The number of benzene rings is 2. The van der Waals surface area contributed by atoms with Gasteiger partial charge in [-0.15, -0.1) is 0 Å². The van der Waals surface area contributed by atoms with Crippen molar-refractivity contribution in [1.29, 1.82) is 0 Å². The minimum Gasteiger partial charge on any atom is -0.451 e. The Hall–Kier alpha value is -3.73. The molecule has 0 fully saturated rings. The molecule has 0 saturated heterocycles. The number of amides is 1. The summed E-state index contributed by atoms with van der Waals surface area (Å²) in [4.78, 5) is 29.2. The Morgan fingerprint density at radius 3 is 2.61 bits per heavy atom.